The standard InChI is InChI=1S/C16H16N4OS3.ClH/c1-21-10-5-3-4-9(6-10)19-16-20-12(8-23-16)11-7-13(14(17)18)24-15(11)22-2;/h3-8H,1-2H3,(H3,17,18)(H,19,20);1H. The average Bonchev–Trinajstić information content (AvgIpc) is 3.21. The number of hydrogen-bond acceptors (Lipinski definition) is 7. The highest BCUT2D eigenvalue weighted by atomic mass is 35.5. The maximum Gasteiger partial charge on any atom is 0.187 e. The number of thioether (sulfide) groups is 1. The smallest absolute Gasteiger partial charge is 0.187 e. The van der Waals surface area contributed by atoms with Gasteiger partial charge in [0, 0.05) is 22.7 Å². The number of nitrogens with two attached hydrogens (primary N) is 1. The van der Waals surface area contributed by atoms with Gasteiger partial charge < -0.3 is 15.8 Å². The molecular weight excluding hydrogens is 396 g/mol. The molecule has 0 unspecified atom stereocenters. The molecule has 0 saturated heterocycles. The number of aromatic nitrogens is 1. The zero-order chi connectivity index (χ0) is 17.1. The Bertz CT molecular complexity index is 878. The first-order chi connectivity index (χ1) is 11.6. The number of nitrogens with one attached hydrogen (secondary N) is 2. The lowest BCUT2D eigenvalue weighted by atomic mass is 10.2. The minimum Gasteiger partial charge on any atom is -0.497 e. The number of ether oxygens (including phenoxy) is 1. The minimum atomic E-state index is 0. The van der Waals surface area contributed by atoms with Crippen molar-refractivity contribution >= 4 is 63.5 Å². The fraction of sp³-hybridized carbons (Fsp3) is 0.125. The van der Waals surface area contributed by atoms with Crippen LogP contribution >= 0.6 is 46.8 Å². The fourth-order valence-corrected chi connectivity index (χ4v) is 4.59. The molecule has 0 aliphatic rings. The fourth-order valence-electron chi connectivity index (χ4n) is 2.12. The van der Waals surface area contributed by atoms with E-state index < -0.39 is 0 Å². The van der Waals surface area contributed by atoms with Crippen molar-refractivity contribution in [2.75, 3.05) is 18.7 Å². The number of thiophene rings is 1. The third kappa shape index (κ3) is 4.46. The third-order valence-electron chi connectivity index (χ3n) is 3.25. The summed E-state index contributed by atoms with van der Waals surface area (Å²) in [6.45, 7) is 0. The average molecular weight is 413 g/mol. The summed E-state index contributed by atoms with van der Waals surface area (Å²) in [6.07, 6.45) is 2.01. The first-order valence-electron chi connectivity index (χ1n) is 7.00. The van der Waals surface area contributed by atoms with Crippen molar-refractivity contribution in [3.05, 3.63) is 40.6 Å². The minimum absolute atomic E-state index is 0. The van der Waals surface area contributed by atoms with Crippen molar-refractivity contribution < 1.29 is 4.74 Å². The van der Waals surface area contributed by atoms with Gasteiger partial charge in [-0.3, -0.25) is 5.41 Å². The summed E-state index contributed by atoms with van der Waals surface area (Å²) in [5.74, 6) is 0.886. The molecule has 0 saturated carbocycles. The molecular formula is C16H17ClN4OS3. The van der Waals surface area contributed by atoms with E-state index in [1.54, 1.807) is 18.9 Å². The van der Waals surface area contributed by atoms with E-state index in [4.69, 9.17) is 15.9 Å². The largest absolute Gasteiger partial charge is 0.497 e. The Balaban J connectivity index is 0.00000225. The molecule has 0 amide bonds. The number of amidine groups is 1. The second-order valence-electron chi connectivity index (χ2n) is 4.82. The van der Waals surface area contributed by atoms with Crippen molar-refractivity contribution in [3.63, 3.8) is 0 Å². The molecule has 0 fully saturated rings. The Morgan fingerprint density at radius 3 is 2.84 bits per heavy atom. The van der Waals surface area contributed by atoms with Gasteiger partial charge in [-0.15, -0.1) is 46.8 Å². The molecule has 0 aliphatic carbocycles. The molecule has 3 rings (SSSR count). The van der Waals surface area contributed by atoms with Crippen LogP contribution in [0.2, 0.25) is 0 Å². The van der Waals surface area contributed by atoms with E-state index in [9.17, 15) is 0 Å². The summed E-state index contributed by atoms with van der Waals surface area (Å²) < 4.78 is 6.34. The number of nitrogens with zero attached hydrogens (tertiary/aromatic N) is 1. The van der Waals surface area contributed by atoms with Crippen molar-refractivity contribution in [2.45, 2.75) is 4.21 Å². The Morgan fingerprint density at radius 2 is 2.16 bits per heavy atom. The summed E-state index contributed by atoms with van der Waals surface area (Å²) >= 11 is 4.70. The molecule has 2 aromatic heterocycles. The number of methoxy groups -OCH3 is 1. The summed E-state index contributed by atoms with van der Waals surface area (Å²) in [7, 11) is 1.65. The highest BCUT2D eigenvalue weighted by Gasteiger charge is 2.15. The molecule has 0 bridgehead atoms. The number of anilines is 2. The Kier molecular flexibility index (Phi) is 6.71. The number of rotatable bonds is 6. The highest BCUT2D eigenvalue weighted by Crippen LogP contribution is 2.39. The van der Waals surface area contributed by atoms with Crippen molar-refractivity contribution in [1.82, 2.24) is 4.98 Å². The topological polar surface area (TPSA) is 84.0 Å². The van der Waals surface area contributed by atoms with Crippen LogP contribution in [0.15, 0.2) is 39.9 Å². The van der Waals surface area contributed by atoms with Gasteiger partial charge in [0.25, 0.3) is 0 Å². The molecule has 0 atom stereocenters. The quantitative estimate of drug-likeness (QED) is 0.299. The van der Waals surface area contributed by atoms with Gasteiger partial charge in [-0.05, 0) is 24.5 Å². The maximum absolute atomic E-state index is 7.61. The predicted octanol–water partition coefficient (Wildman–Crippen LogP) is 5.05. The lowest BCUT2D eigenvalue weighted by molar-refractivity contribution is 0.415. The first-order valence-corrected chi connectivity index (χ1v) is 9.92. The van der Waals surface area contributed by atoms with Crippen LogP contribution in [0.5, 0.6) is 5.75 Å². The van der Waals surface area contributed by atoms with Crippen LogP contribution in [0.1, 0.15) is 4.88 Å². The van der Waals surface area contributed by atoms with Crippen LogP contribution in [0, 0.1) is 5.41 Å². The SMILES string of the molecule is COc1cccc(Nc2nc(-c3cc(C(=N)N)sc3SC)cs2)c1.Cl. The molecule has 0 spiro atoms. The van der Waals surface area contributed by atoms with E-state index in [-0.39, 0.29) is 18.2 Å². The lowest BCUT2D eigenvalue weighted by Gasteiger charge is -2.04. The van der Waals surface area contributed by atoms with E-state index in [1.807, 2.05) is 42.0 Å². The van der Waals surface area contributed by atoms with Gasteiger partial charge in [0.05, 0.1) is 21.9 Å². The lowest BCUT2D eigenvalue weighted by Crippen LogP contribution is -2.08. The van der Waals surface area contributed by atoms with Crippen LogP contribution in [-0.4, -0.2) is 24.2 Å². The summed E-state index contributed by atoms with van der Waals surface area (Å²) in [6, 6.07) is 9.66. The van der Waals surface area contributed by atoms with Crippen molar-refractivity contribution in [2.24, 2.45) is 5.73 Å². The monoisotopic (exact) mass is 412 g/mol. The molecule has 0 radical (unpaired) electrons. The van der Waals surface area contributed by atoms with Gasteiger partial charge in [0.15, 0.2) is 5.13 Å². The molecule has 5 nitrogen and oxygen atoms in total. The number of nitrogen functional groups attached to an aromatic ring is 1. The van der Waals surface area contributed by atoms with Crippen LogP contribution in [0.4, 0.5) is 10.8 Å². The number of hydrogen-bond donors (Lipinski definition) is 3. The molecule has 4 N–H and O–H groups in total. The van der Waals surface area contributed by atoms with E-state index >= 15 is 0 Å². The van der Waals surface area contributed by atoms with Gasteiger partial charge in [-0.2, -0.15) is 0 Å². The van der Waals surface area contributed by atoms with Crippen LogP contribution in [0.3, 0.4) is 0 Å². The van der Waals surface area contributed by atoms with E-state index in [0.717, 1.165) is 36.9 Å². The molecule has 132 valence electrons. The Morgan fingerprint density at radius 1 is 1.36 bits per heavy atom. The first kappa shape index (κ1) is 19.6. The molecule has 2 heterocycles. The summed E-state index contributed by atoms with van der Waals surface area (Å²) in [4.78, 5) is 5.43. The van der Waals surface area contributed by atoms with E-state index in [0.29, 0.717) is 0 Å². The van der Waals surface area contributed by atoms with Gasteiger partial charge in [-0.25, -0.2) is 4.98 Å². The molecule has 9 heteroatoms. The zero-order valence-corrected chi connectivity index (χ0v) is 16.8. The normalized spacial score (nSPS) is 10.2. The zero-order valence-electron chi connectivity index (χ0n) is 13.5. The molecule has 1 aromatic carbocycles. The van der Waals surface area contributed by atoms with Crippen LogP contribution in [-0.2, 0) is 0 Å². The van der Waals surface area contributed by atoms with Crippen molar-refractivity contribution in [1.29, 1.82) is 5.41 Å². The molecule has 3 aromatic rings. The van der Waals surface area contributed by atoms with Crippen molar-refractivity contribution in [3.8, 4) is 17.0 Å². The molecule has 25 heavy (non-hydrogen) atoms. The number of thiazole rings is 1. The van der Waals surface area contributed by atoms with Crippen LogP contribution < -0.4 is 15.8 Å². The predicted molar refractivity (Wildman–Crippen MR) is 112 cm³/mol. The van der Waals surface area contributed by atoms with Crippen LogP contribution in [0.25, 0.3) is 11.3 Å². The van der Waals surface area contributed by atoms with E-state index in [1.165, 1.54) is 22.7 Å². The van der Waals surface area contributed by atoms with Gasteiger partial charge in [0.1, 0.15) is 11.6 Å². The third-order valence-corrected chi connectivity index (χ3v) is 6.31. The second kappa shape index (κ2) is 8.57. The Labute approximate surface area is 164 Å². The van der Waals surface area contributed by atoms with Gasteiger partial charge >= 0.3 is 0 Å². The second-order valence-corrected chi connectivity index (χ2v) is 7.81. The molecule has 0 aliphatic heterocycles. The highest BCUT2D eigenvalue weighted by molar-refractivity contribution is 8.00. The number of benzene rings is 1. The summed E-state index contributed by atoms with van der Waals surface area (Å²) in [5.41, 5.74) is 8.44. The van der Waals surface area contributed by atoms with Gasteiger partial charge in [-0.1, -0.05) is 6.07 Å². The number of halogens is 1. The summed E-state index contributed by atoms with van der Waals surface area (Å²) in [5, 5.41) is 13.7. The van der Waals surface area contributed by atoms with Gasteiger partial charge in [0.2, 0.25) is 0 Å². The Hall–Kier alpha value is -1.74. The maximum atomic E-state index is 7.61. The van der Waals surface area contributed by atoms with E-state index in [2.05, 4.69) is 10.3 Å².